The summed E-state index contributed by atoms with van der Waals surface area (Å²) in [6.07, 6.45) is 0.758. The summed E-state index contributed by atoms with van der Waals surface area (Å²) >= 11 is 0. The average Bonchev–Trinajstić information content (AvgIpc) is 3.17. The fraction of sp³-hybridized carbons (Fsp3) is 0.440. The zero-order chi connectivity index (χ0) is 24.3. The van der Waals surface area contributed by atoms with Crippen LogP contribution < -0.4 is 5.32 Å². The van der Waals surface area contributed by atoms with Gasteiger partial charge in [0.15, 0.2) is 0 Å². The second kappa shape index (κ2) is 10.2. The summed E-state index contributed by atoms with van der Waals surface area (Å²) in [5, 5.41) is 3.15. The number of rotatable bonds is 8. The van der Waals surface area contributed by atoms with E-state index in [9.17, 15) is 13.2 Å². The molecule has 0 bridgehead atoms. The Hall–Kier alpha value is -2.75. The van der Waals surface area contributed by atoms with E-state index >= 15 is 0 Å². The highest BCUT2D eigenvalue weighted by molar-refractivity contribution is 7.89. The van der Waals surface area contributed by atoms with Crippen molar-refractivity contribution in [3.63, 3.8) is 0 Å². The lowest BCUT2D eigenvalue weighted by Crippen LogP contribution is -2.40. The molecule has 0 saturated carbocycles. The normalized spacial score (nSPS) is 16.1. The quantitative estimate of drug-likeness (QED) is 0.531. The van der Waals surface area contributed by atoms with Gasteiger partial charge in [-0.2, -0.15) is 4.31 Å². The maximum Gasteiger partial charge on any atom is 0.243 e. The highest BCUT2D eigenvalue weighted by Gasteiger charge is 2.27. The minimum absolute atomic E-state index is 0.0369. The Labute approximate surface area is 201 Å². The SMILES string of the molecule is CC(C)[C@H](NC(=O)CCc1nc2cc(S(=O)(=O)N3CCOCC3)ccc2n1C)c1ccccc1. The van der Waals surface area contributed by atoms with Crippen LogP contribution in [0.5, 0.6) is 0 Å². The number of nitrogens with zero attached hydrogens (tertiary/aromatic N) is 3. The molecule has 4 rings (SSSR count). The van der Waals surface area contributed by atoms with Crippen LogP contribution >= 0.6 is 0 Å². The molecule has 8 nitrogen and oxygen atoms in total. The van der Waals surface area contributed by atoms with Crippen LogP contribution in [0.3, 0.4) is 0 Å². The first-order valence-corrected chi connectivity index (χ1v) is 13.1. The lowest BCUT2D eigenvalue weighted by Gasteiger charge is -2.26. The Morgan fingerprint density at radius 2 is 1.82 bits per heavy atom. The van der Waals surface area contributed by atoms with Gasteiger partial charge in [0, 0.05) is 33.0 Å². The van der Waals surface area contributed by atoms with Gasteiger partial charge in [0.1, 0.15) is 5.82 Å². The van der Waals surface area contributed by atoms with Crippen LogP contribution in [-0.4, -0.2) is 54.5 Å². The molecular weight excluding hydrogens is 452 g/mol. The molecule has 182 valence electrons. The number of hydrogen-bond acceptors (Lipinski definition) is 5. The number of ether oxygens (including phenoxy) is 1. The van der Waals surface area contributed by atoms with Gasteiger partial charge in [-0.3, -0.25) is 4.79 Å². The molecule has 3 aromatic rings. The molecule has 1 saturated heterocycles. The largest absolute Gasteiger partial charge is 0.379 e. The number of hydrogen-bond donors (Lipinski definition) is 1. The fourth-order valence-corrected chi connectivity index (χ4v) is 5.74. The Bertz CT molecular complexity index is 1250. The molecule has 2 heterocycles. The van der Waals surface area contributed by atoms with Crippen LogP contribution in [-0.2, 0) is 33.0 Å². The van der Waals surface area contributed by atoms with Gasteiger partial charge in [-0.1, -0.05) is 44.2 Å². The lowest BCUT2D eigenvalue weighted by atomic mass is 9.96. The van der Waals surface area contributed by atoms with Gasteiger partial charge in [-0.25, -0.2) is 13.4 Å². The van der Waals surface area contributed by atoms with E-state index in [1.807, 2.05) is 41.9 Å². The number of imidazole rings is 1. The van der Waals surface area contributed by atoms with Gasteiger partial charge in [0.2, 0.25) is 15.9 Å². The number of nitrogens with one attached hydrogen (secondary N) is 1. The third-order valence-electron chi connectivity index (χ3n) is 6.27. The zero-order valence-corrected chi connectivity index (χ0v) is 20.7. The highest BCUT2D eigenvalue weighted by Crippen LogP contribution is 2.24. The number of fused-ring (bicyclic) bond motifs is 1. The molecule has 9 heteroatoms. The molecule has 0 spiro atoms. The van der Waals surface area contributed by atoms with Crippen molar-refractivity contribution < 1.29 is 17.9 Å². The Morgan fingerprint density at radius 3 is 2.50 bits per heavy atom. The standard InChI is InChI=1S/C25H32N4O4S/c1-18(2)25(19-7-5-4-6-8-19)27-24(30)12-11-23-26-21-17-20(9-10-22(21)28(23)3)34(31,32)29-13-15-33-16-14-29/h4-10,17-18,25H,11-16H2,1-3H3,(H,27,30)/t25-/m0/s1. The number of sulfonamides is 1. The zero-order valence-electron chi connectivity index (χ0n) is 19.9. The van der Waals surface area contributed by atoms with Crippen molar-refractivity contribution in [2.75, 3.05) is 26.3 Å². The Morgan fingerprint density at radius 1 is 1.12 bits per heavy atom. The topological polar surface area (TPSA) is 93.5 Å². The van der Waals surface area contributed by atoms with E-state index in [1.54, 1.807) is 18.2 Å². The van der Waals surface area contributed by atoms with Crippen molar-refractivity contribution in [3.05, 3.63) is 59.9 Å². The summed E-state index contributed by atoms with van der Waals surface area (Å²) in [5.41, 5.74) is 2.53. The van der Waals surface area contributed by atoms with E-state index in [0.29, 0.717) is 44.7 Å². The molecule has 1 atom stereocenters. The first-order chi connectivity index (χ1) is 16.3. The summed E-state index contributed by atoms with van der Waals surface area (Å²) in [7, 11) is -1.70. The summed E-state index contributed by atoms with van der Waals surface area (Å²) in [6, 6.07) is 14.9. The van der Waals surface area contributed by atoms with Crippen LogP contribution in [0.2, 0.25) is 0 Å². The van der Waals surface area contributed by atoms with Crippen LogP contribution in [0.25, 0.3) is 11.0 Å². The maximum absolute atomic E-state index is 13.0. The molecule has 0 unspecified atom stereocenters. The van der Waals surface area contributed by atoms with Gasteiger partial charge in [0.25, 0.3) is 0 Å². The number of carbonyl (C=O) groups is 1. The van der Waals surface area contributed by atoms with E-state index in [0.717, 1.165) is 16.9 Å². The van der Waals surface area contributed by atoms with Crippen LogP contribution in [0, 0.1) is 5.92 Å². The molecule has 1 aliphatic heterocycles. The number of carbonyl (C=O) groups excluding carboxylic acids is 1. The average molecular weight is 485 g/mol. The molecule has 0 aliphatic carbocycles. The van der Waals surface area contributed by atoms with Gasteiger partial charge in [-0.05, 0) is 29.7 Å². The second-order valence-electron chi connectivity index (χ2n) is 8.95. The van der Waals surface area contributed by atoms with Crippen molar-refractivity contribution >= 4 is 27.0 Å². The monoisotopic (exact) mass is 484 g/mol. The number of amides is 1. The maximum atomic E-state index is 13.0. The predicted octanol–water partition coefficient (Wildman–Crippen LogP) is 3.04. The smallest absolute Gasteiger partial charge is 0.243 e. The van der Waals surface area contributed by atoms with E-state index in [4.69, 9.17) is 4.74 Å². The summed E-state index contributed by atoms with van der Waals surface area (Å²) < 4.78 is 34.6. The number of aromatic nitrogens is 2. The van der Waals surface area contributed by atoms with Crippen LogP contribution in [0.4, 0.5) is 0 Å². The van der Waals surface area contributed by atoms with Crippen molar-refractivity contribution in [1.29, 1.82) is 0 Å². The molecular formula is C25H32N4O4S. The van der Waals surface area contributed by atoms with E-state index in [2.05, 4.69) is 24.1 Å². The summed E-state index contributed by atoms with van der Waals surface area (Å²) in [5.74, 6) is 0.964. The molecule has 1 aliphatic rings. The van der Waals surface area contributed by atoms with Crippen molar-refractivity contribution in [1.82, 2.24) is 19.2 Å². The van der Waals surface area contributed by atoms with E-state index in [1.165, 1.54) is 4.31 Å². The minimum atomic E-state index is -3.59. The van der Waals surface area contributed by atoms with Crippen molar-refractivity contribution in [3.8, 4) is 0 Å². The molecule has 34 heavy (non-hydrogen) atoms. The molecule has 1 aromatic heterocycles. The second-order valence-corrected chi connectivity index (χ2v) is 10.9. The third-order valence-corrected chi connectivity index (χ3v) is 8.16. The van der Waals surface area contributed by atoms with E-state index in [-0.39, 0.29) is 22.8 Å². The predicted molar refractivity (Wildman–Crippen MR) is 131 cm³/mol. The first-order valence-electron chi connectivity index (χ1n) is 11.6. The van der Waals surface area contributed by atoms with Gasteiger partial charge >= 0.3 is 0 Å². The Balaban J connectivity index is 1.47. The van der Waals surface area contributed by atoms with Gasteiger partial charge < -0.3 is 14.6 Å². The number of aryl methyl sites for hydroxylation is 2. The first kappa shape index (κ1) is 24.4. The summed E-state index contributed by atoms with van der Waals surface area (Å²) in [4.78, 5) is 17.6. The van der Waals surface area contributed by atoms with E-state index < -0.39 is 10.0 Å². The van der Waals surface area contributed by atoms with Crippen molar-refractivity contribution in [2.45, 2.75) is 37.6 Å². The number of morpholine rings is 1. The third kappa shape index (κ3) is 5.16. The molecule has 1 N–H and O–H groups in total. The number of benzene rings is 2. The van der Waals surface area contributed by atoms with Gasteiger partial charge in [0.05, 0.1) is 35.2 Å². The lowest BCUT2D eigenvalue weighted by molar-refractivity contribution is -0.122. The minimum Gasteiger partial charge on any atom is -0.379 e. The summed E-state index contributed by atoms with van der Waals surface area (Å²) in [6.45, 7) is 5.68. The fourth-order valence-electron chi connectivity index (χ4n) is 4.32. The molecule has 1 amide bonds. The molecule has 0 radical (unpaired) electrons. The van der Waals surface area contributed by atoms with Gasteiger partial charge in [-0.15, -0.1) is 0 Å². The van der Waals surface area contributed by atoms with Crippen LogP contribution in [0.1, 0.15) is 37.7 Å². The highest BCUT2D eigenvalue weighted by atomic mass is 32.2. The Kier molecular flexibility index (Phi) is 7.35. The molecule has 2 aromatic carbocycles. The molecule has 1 fully saturated rings. The van der Waals surface area contributed by atoms with Crippen molar-refractivity contribution in [2.24, 2.45) is 13.0 Å². The van der Waals surface area contributed by atoms with Crippen LogP contribution in [0.15, 0.2) is 53.4 Å².